The molecular weight excluding hydrogens is 254 g/mol. The summed E-state index contributed by atoms with van der Waals surface area (Å²) in [6.45, 7) is 5.41. The van der Waals surface area contributed by atoms with Crippen LogP contribution in [0.5, 0.6) is 0 Å². The molecule has 0 bridgehead atoms. The molecule has 1 fully saturated rings. The van der Waals surface area contributed by atoms with Gasteiger partial charge in [-0.2, -0.15) is 11.8 Å². The average Bonchev–Trinajstić information content (AvgIpc) is 2.30. The van der Waals surface area contributed by atoms with E-state index >= 15 is 0 Å². The van der Waals surface area contributed by atoms with Crippen molar-refractivity contribution in [2.45, 2.75) is 19.4 Å². The molecule has 2 N–H and O–H groups in total. The van der Waals surface area contributed by atoms with Crippen LogP contribution in [-0.4, -0.2) is 64.9 Å². The predicted octanol–water partition coefficient (Wildman–Crippen LogP) is 0.558. The van der Waals surface area contributed by atoms with Crippen LogP contribution >= 0.6 is 24.0 Å². The summed E-state index contributed by atoms with van der Waals surface area (Å²) in [6.07, 6.45) is 2.89. The summed E-state index contributed by atoms with van der Waals surface area (Å²) in [4.78, 5) is 16.5. The Labute approximate surface area is 113 Å². The van der Waals surface area contributed by atoms with Crippen LogP contribution in [0.2, 0.25) is 0 Å². The van der Waals surface area contributed by atoms with Gasteiger partial charge < -0.3 is 10.6 Å². The molecule has 1 heterocycles. The normalized spacial score (nSPS) is 19.1. The van der Waals surface area contributed by atoms with Crippen molar-refractivity contribution < 1.29 is 4.79 Å². The van der Waals surface area contributed by atoms with E-state index in [1.165, 1.54) is 0 Å². The number of rotatable bonds is 5. The molecular formula is C11H21N3OS2. The highest BCUT2D eigenvalue weighted by atomic mass is 32.2. The van der Waals surface area contributed by atoms with E-state index < -0.39 is 0 Å². The number of thiocarbonyl (C=S) groups is 1. The van der Waals surface area contributed by atoms with Crippen molar-refractivity contribution in [3.63, 3.8) is 0 Å². The summed E-state index contributed by atoms with van der Waals surface area (Å²) in [6, 6.07) is 0.183. The second kappa shape index (κ2) is 7.18. The number of carbonyl (C=O) groups excluding carboxylic acids is 1. The van der Waals surface area contributed by atoms with Crippen molar-refractivity contribution in [1.82, 2.24) is 9.80 Å². The summed E-state index contributed by atoms with van der Waals surface area (Å²) >= 11 is 6.65. The van der Waals surface area contributed by atoms with Crippen LogP contribution in [0.3, 0.4) is 0 Å². The van der Waals surface area contributed by atoms with Crippen LogP contribution in [0.25, 0.3) is 0 Å². The molecule has 0 aliphatic carbocycles. The minimum atomic E-state index is 0.183. The Balaban J connectivity index is 2.44. The van der Waals surface area contributed by atoms with Gasteiger partial charge in [0.25, 0.3) is 0 Å². The van der Waals surface area contributed by atoms with E-state index in [0.717, 1.165) is 32.6 Å². The molecule has 1 aliphatic rings. The fraction of sp³-hybridized carbons (Fsp3) is 0.818. The van der Waals surface area contributed by atoms with Gasteiger partial charge in [0.1, 0.15) is 0 Å². The van der Waals surface area contributed by atoms with Crippen LogP contribution in [0.4, 0.5) is 0 Å². The van der Waals surface area contributed by atoms with Crippen molar-refractivity contribution >= 4 is 34.9 Å². The van der Waals surface area contributed by atoms with Crippen LogP contribution in [0, 0.1) is 0 Å². The zero-order valence-corrected chi connectivity index (χ0v) is 12.1. The Morgan fingerprint density at radius 1 is 1.41 bits per heavy atom. The molecule has 1 saturated heterocycles. The molecule has 98 valence electrons. The third kappa shape index (κ3) is 4.12. The smallest absolute Gasteiger partial charge is 0.232 e. The maximum absolute atomic E-state index is 11.7. The number of nitrogens with two attached hydrogens (primary N) is 1. The van der Waals surface area contributed by atoms with E-state index in [0.29, 0.717) is 10.7 Å². The Bertz CT molecular complexity index is 278. The van der Waals surface area contributed by atoms with Crippen LogP contribution in [0.1, 0.15) is 13.3 Å². The van der Waals surface area contributed by atoms with Gasteiger partial charge in [-0.05, 0) is 12.7 Å². The first-order chi connectivity index (χ1) is 8.10. The quantitative estimate of drug-likeness (QED) is 0.743. The summed E-state index contributed by atoms with van der Waals surface area (Å²) in [7, 11) is 0. The summed E-state index contributed by atoms with van der Waals surface area (Å²) in [5.74, 6) is 0.812. The van der Waals surface area contributed by atoms with Crippen molar-refractivity contribution in [1.29, 1.82) is 0 Å². The topological polar surface area (TPSA) is 49.6 Å². The van der Waals surface area contributed by atoms with Gasteiger partial charge >= 0.3 is 0 Å². The van der Waals surface area contributed by atoms with Gasteiger partial charge in [0.2, 0.25) is 5.91 Å². The van der Waals surface area contributed by atoms with Crippen molar-refractivity contribution in [3.05, 3.63) is 0 Å². The summed E-state index contributed by atoms with van der Waals surface area (Å²) in [5.41, 5.74) is 5.73. The maximum Gasteiger partial charge on any atom is 0.232 e. The van der Waals surface area contributed by atoms with Gasteiger partial charge in [-0.3, -0.25) is 9.69 Å². The molecule has 4 nitrogen and oxygen atoms in total. The van der Waals surface area contributed by atoms with E-state index in [9.17, 15) is 4.79 Å². The lowest BCUT2D eigenvalue weighted by molar-refractivity contribution is -0.130. The minimum Gasteiger partial charge on any atom is -0.392 e. The Hall–Kier alpha value is -0.330. The number of hydrogen-bond acceptors (Lipinski definition) is 4. The first kappa shape index (κ1) is 14.7. The number of nitrogens with zero attached hydrogens (tertiary/aromatic N) is 2. The molecule has 0 saturated carbocycles. The van der Waals surface area contributed by atoms with Gasteiger partial charge in [-0.25, -0.2) is 0 Å². The van der Waals surface area contributed by atoms with Crippen molar-refractivity contribution in [2.75, 3.05) is 38.2 Å². The highest BCUT2D eigenvalue weighted by molar-refractivity contribution is 7.99. The highest BCUT2D eigenvalue weighted by Gasteiger charge is 2.26. The zero-order valence-electron chi connectivity index (χ0n) is 10.5. The SMILES string of the molecule is CCC(C(N)=S)N1CCN(C(=O)CSC)CC1. The molecule has 1 rings (SSSR count). The van der Waals surface area contributed by atoms with Gasteiger partial charge in [0, 0.05) is 26.2 Å². The molecule has 1 aliphatic heterocycles. The van der Waals surface area contributed by atoms with Gasteiger partial charge in [-0.15, -0.1) is 0 Å². The molecule has 1 atom stereocenters. The van der Waals surface area contributed by atoms with Crippen molar-refractivity contribution in [2.24, 2.45) is 5.73 Å². The number of hydrogen-bond donors (Lipinski definition) is 1. The van der Waals surface area contributed by atoms with Crippen LogP contribution in [-0.2, 0) is 4.79 Å². The lowest BCUT2D eigenvalue weighted by Crippen LogP contribution is -2.55. The van der Waals surface area contributed by atoms with Crippen LogP contribution in [0.15, 0.2) is 0 Å². The molecule has 0 aromatic heterocycles. The third-order valence-electron chi connectivity index (χ3n) is 3.09. The molecule has 0 aromatic carbocycles. The monoisotopic (exact) mass is 275 g/mol. The van der Waals surface area contributed by atoms with Gasteiger partial charge in [0.15, 0.2) is 0 Å². The van der Waals surface area contributed by atoms with E-state index in [2.05, 4.69) is 11.8 Å². The molecule has 1 amide bonds. The summed E-state index contributed by atoms with van der Waals surface area (Å²) < 4.78 is 0. The predicted molar refractivity (Wildman–Crippen MR) is 77.4 cm³/mol. The Morgan fingerprint density at radius 2 is 2.00 bits per heavy atom. The molecule has 1 unspecified atom stereocenters. The number of amides is 1. The third-order valence-corrected chi connectivity index (χ3v) is 3.90. The van der Waals surface area contributed by atoms with Crippen molar-refractivity contribution in [3.8, 4) is 0 Å². The van der Waals surface area contributed by atoms with E-state index in [1.807, 2.05) is 11.2 Å². The van der Waals surface area contributed by atoms with E-state index in [1.54, 1.807) is 11.8 Å². The lowest BCUT2D eigenvalue weighted by Gasteiger charge is -2.38. The molecule has 17 heavy (non-hydrogen) atoms. The largest absolute Gasteiger partial charge is 0.392 e. The molecule has 0 radical (unpaired) electrons. The Kier molecular flexibility index (Phi) is 6.22. The first-order valence-corrected chi connectivity index (χ1v) is 7.70. The fourth-order valence-electron chi connectivity index (χ4n) is 2.14. The van der Waals surface area contributed by atoms with E-state index in [4.69, 9.17) is 18.0 Å². The standard InChI is InChI=1S/C11H21N3OS2/c1-3-9(11(12)16)13-4-6-14(7-5-13)10(15)8-17-2/h9H,3-8H2,1-2H3,(H2,12,16). The average molecular weight is 275 g/mol. The van der Waals surface area contributed by atoms with E-state index in [-0.39, 0.29) is 11.9 Å². The maximum atomic E-state index is 11.7. The summed E-state index contributed by atoms with van der Waals surface area (Å²) in [5, 5.41) is 0. The molecule has 6 heteroatoms. The molecule has 0 aromatic rings. The second-order valence-corrected chi connectivity index (χ2v) is 5.51. The van der Waals surface area contributed by atoms with Gasteiger partial charge in [-0.1, -0.05) is 19.1 Å². The lowest BCUT2D eigenvalue weighted by atomic mass is 10.1. The number of piperazine rings is 1. The number of carbonyl (C=O) groups is 1. The van der Waals surface area contributed by atoms with Crippen LogP contribution < -0.4 is 5.73 Å². The first-order valence-electron chi connectivity index (χ1n) is 5.90. The Morgan fingerprint density at radius 3 is 2.41 bits per heavy atom. The zero-order chi connectivity index (χ0) is 12.8. The molecule has 0 spiro atoms. The van der Waals surface area contributed by atoms with Gasteiger partial charge in [0.05, 0.1) is 16.8 Å². The highest BCUT2D eigenvalue weighted by Crippen LogP contribution is 2.10. The minimum absolute atomic E-state index is 0.183. The number of thioether (sulfide) groups is 1. The second-order valence-electron chi connectivity index (χ2n) is 4.18. The fourth-order valence-corrected chi connectivity index (χ4v) is 2.88.